The van der Waals surface area contributed by atoms with Gasteiger partial charge in [0.25, 0.3) is 11.5 Å². The Morgan fingerprint density at radius 2 is 1.65 bits per heavy atom. The van der Waals surface area contributed by atoms with E-state index in [1.165, 1.54) is 5.56 Å². The van der Waals surface area contributed by atoms with Gasteiger partial charge in [0, 0.05) is 74.9 Å². The summed E-state index contributed by atoms with van der Waals surface area (Å²) < 4.78 is 11.1. The van der Waals surface area contributed by atoms with Crippen molar-refractivity contribution in [3.05, 3.63) is 86.3 Å². The van der Waals surface area contributed by atoms with E-state index in [1.807, 2.05) is 53.7 Å². The van der Waals surface area contributed by atoms with Gasteiger partial charge >= 0.3 is 6.09 Å². The predicted molar refractivity (Wildman–Crippen MR) is 190 cm³/mol. The number of nitrogens with one attached hydrogen (secondary N) is 2. The molecule has 2 amide bonds. The molecule has 2 aliphatic rings. The van der Waals surface area contributed by atoms with Gasteiger partial charge in [0.1, 0.15) is 5.60 Å². The van der Waals surface area contributed by atoms with Crippen molar-refractivity contribution >= 4 is 17.7 Å². The van der Waals surface area contributed by atoms with Gasteiger partial charge in [0.2, 0.25) is 0 Å². The average molecular weight is 658 g/mol. The number of aromatic amines is 1. The van der Waals surface area contributed by atoms with Crippen LogP contribution in [0.1, 0.15) is 71.9 Å². The molecule has 0 radical (unpaired) electrons. The van der Waals surface area contributed by atoms with E-state index in [4.69, 9.17) is 9.47 Å². The number of carbonyl (C=O) groups excluding carboxylic acids is 2. The summed E-state index contributed by atoms with van der Waals surface area (Å²) in [5.74, 6) is -0.230. The van der Waals surface area contributed by atoms with Crippen molar-refractivity contribution in [2.75, 3.05) is 51.3 Å². The maximum Gasteiger partial charge on any atom is 0.410 e. The molecule has 5 rings (SSSR count). The van der Waals surface area contributed by atoms with E-state index in [2.05, 4.69) is 57.5 Å². The summed E-state index contributed by atoms with van der Waals surface area (Å²) in [6, 6.07) is 14.8. The first-order valence-corrected chi connectivity index (χ1v) is 17.0. The molecule has 3 aromatic rings. The fourth-order valence-electron chi connectivity index (χ4n) is 6.61. The van der Waals surface area contributed by atoms with E-state index in [9.17, 15) is 14.4 Å². The number of carbonyl (C=O) groups is 2. The number of aromatic nitrogens is 1. The second kappa shape index (κ2) is 15.0. The van der Waals surface area contributed by atoms with Crippen LogP contribution in [0.4, 0.5) is 10.5 Å². The molecule has 2 fully saturated rings. The molecule has 0 atom stereocenters. The first-order valence-electron chi connectivity index (χ1n) is 17.0. The van der Waals surface area contributed by atoms with Crippen LogP contribution < -0.4 is 15.8 Å². The van der Waals surface area contributed by atoms with Crippen molar-refractivity contribution in [1.29, 1.82) is 0 Å². The molecule has 258 valence electrons. The molecule has 0 unspecified atom stereocenters. The lowest BCUT2D eigenvalue weighted by molar-refractivity contribution is 0.0205. The van der Waals surface area contributed by atoms with Gasteiger partial charge in [-0.2, -0.15) is 0 Å². The number of nitrogens with zero attached hydrogens (tertiary/aromatic N) is 3. The number of pyridine rings is 1. The number of benzene rings is 2. The maximum atomic E-state index is 13.9. The predicted octanol–water partition coefficient (Wildman–Crippen LogP) is 5.57. The molecular weight excluding hydrogens is 606 g/mol. The van der Waals surface area contributed by atoms with E-state index in [-0.39, 0.29) is 30.1 Å². The number of anilines is 1. The number of hydrogen-bond donors (Lipinski definition) is 2. The van der Waals surface area contributed by atoms with Crippen LogP contribution in [-0.2, 0) is 22.6 Å². The molecule has 10 heteroatoms. The topological polar surface area (TPSA) is 107 Å². The second-order valence-corrected chi connectivity index (χ2v) is 14.2. The first kappa shape index (κ1) is 35.2. The van der Waals surface area contributed by atoms with Crippen LogP contribution in [0.5, 0.6) is 0 Å². The number of likely N-dealkylation sites (tertiary alicyclic amines) is 1. The Hall–Kier alpha value is -4.15. The van der Waals surface area contributed by atoms with E-state index < -0.39 is 5.60 Å². The molecule has 0 saturated carbocycles. The summed E-state index contributed by atoms with van der Waals surface area (Å²) in [5, 5.41) is 3.02. The van der Waals surface area contributed by atoms with Gasteiger partial charge in [0.05, 0.1) is 13.2 Å². The number of piperidine rings is 1. The van der Waals surface area contributed by atoms with Crippen LogP contribution >= 0.6 is 0 Å². The molecular formula is C38H51N5O5. The van der Waals surface area contributed by atoms with Gasteiger partial charge < -0.3 is 29.6 Å². The number of H-pyrrole nitrogens is 1. The molecule has 10 nitrogen and oxygen atoms in total. The van der Waals surface area contributed by atoms with Crippen LogP contribution in [0.3, 0.4) is 0 Å². The summed E-state index contributed by atoms with van der Waals surface area (Å²) >= 11 is 0. The normalized spacial score (nSPS) is 16.1. The maximum absolute atomic E-state index is 13.9. The highest BCUT2D eigenvalue weighted by Gasteiger charge is 2.30. The minimum Gasteiger partial charge on any atom is -0.444 e. The Bertz CT molecular complexity index is 1660. The summed E-state index contributed by atoms with van der Waals surface area (Å²) in [4.78, 5) is 48.5. The van der Waals surface area contributed by atoms with Crippen molar-refractivity contribution in [3.63, 3.8) is 0 Å². The zero-order valence-corrected chi connectivity index (χ0v) is 29.6. The summed E-state index contributed by atoms with van der Waals surface area (Å²) in [6.07, 6.45) is 1.29. The summed E-state index contributed by atoms with van der Waals surface area (Å²) in [7, 11) is 2.07. The second-order valence-electron chi connectivity index (χ2n) is 14.2. The van der Waals surface area contributed by atoms with Gasteiger partial charge in [-0.1, -0.05) is 24.3 Å². The van der Waals surface area contributed by atoms with Crippen LogP contribution in [0.15, 0.2) is 47.3 Å². The molecule has 2 aliphatic heterocycles. The molecule has 48 heavy (non-hydrogen) atoms. The molecule has 0 spiro atoms. The lowest BCUT2D eigenvalue weighted by Crippen LogP contribution is -2.47. The quantitative estimate of drug-likeness (QED) is 0.327. The number of aryl methyl sites for hydroxylation is 2. The number of rotatable bonds is 8. The van der Waals surface area contributed by atoms with Crippen LogP contribution in [0.25, 0.3) is 11.1 Å². The Morgan fingerprint density at radius 1 is 0.979 bits per heavy atom. The van der Waals surface area contributed by atoms with Gasteiger partial charge in [-0.15, -0.1) is 0 Å². The molecule has 3 heterocycles. The average Bonchev–Trinajstić information content (AvgIpc) is 3.04. The van der Waals surface area contributed by atoms with E-state index >= 15 is 0 Å². The third kappa shape index (κ3) is 8.65. The number of hydrogen-bond acceptors (Lipinski definition) is 7. The van der Waals surface area contributed by atoms with Crippen molar-refractivity contribution < 1.29 is 19.1 Å². The molecule has 0 bridgehead atoms. The van der Waals surface area contributed by atoms with E-state index in [0.717, 1.165) is 79.3 Å². The minimum atomic E-state index is -0.536. The molecule has 0 aliphatic carbocycles. The van der Waals surface area contributed by atoms with Crippen molar-refractivity contribution in [2.24, 2.45) is 0 Å². The molecule has 1 aromatic heterocycles. The zero-order chi connectivity index (χ0) is 34.6. The molecule has 2 saturated heterocycles. The molecule has 2 N–H and O–H groups in total. The standard InChI is InChI=1S/C38H51N5O5/c1-25-20-26(2)40-36(45)33(25)23-39-35(44)32-21-30(29-10-8-28(9-11-29)24-42-16-18-47-19-17-42)22-34(27(32)3)41(7)31-12-14-43(15-13-31)37(46)48-38(4,5)6/h8-11,20-22,31H,12-19,23-24H2,1-7H3,(H,39,44)(H,40,45). The van der Waals surface area contributed by atoms with Gasteiger partial charge in [-0.05, 0) is 100 Å². The van der Waals surface area contributed by atoms with Crippen LogP contribution in [-0.4, -0.2) is 84.9 Å². The third-order valence-electron chi connectivity index (χ3n) is 9.39. The van der Waals surface area contributed by atoms with Crippen molar-refractivity contribution in [1.82, 2.24) is 20.1 Å². The highest BCUT2D eigenvalue weighted by Crippen LogP contribution is 2.34. The van der Waals surface area contributed by atoms with Crippen LogP contribution in [0.2, 0.25) is 0 Å². The SMILES string of the molecule is Cc1cc(C)c(CNC(=O)c2cc(-c3ccc(CN4CCOCC4)cc3)cc(N(C)C3CCN(C(=O)OC(C)(C)C)CC3)c2C)c(=O)[nH]1. The Morgan fingerprint density at radius 3 is 2.27 bits per heavy atom. The number of ether oxygens (including phenoxy) is 2. The van der Waals surface area contributed by atoms with Gasteiger partial charge in [-0.3, -0.25) is 14.5 Å². The fraction of sp³-hybridized carbons (Fsp3) is 0.500. The number of amides is 2. The summed E-state index contributed by atoms with van der Waals surface area (Å²) in [6.45, 7) is 17.0. The monoisotopic (exact) mass is 657 g/mol. The highest BCUT2D eigenvalue weighted by atomic mass is 16.6. The largest absolute Gasteiger partial charge is 0.444 e. The summed E-state index contributed by atoms with van der Waals surface area (Å²) in [5.41, 5.74) is 7.07. The van der Waals surface area contributed by atoms with Crippen LogP contribution in [0, 0.1) is 20.8 Å². The third-order valence-corrected chi connectivity index (χ3v) is 9.39. The van der Waals surface area contributed by atoms with Gasteiger partial charge in [-0.25, -0.2) is 4.79 Å². The van der Waals surface area contributed by atoms with E-state index in [1.54, 1.807) is 4.90 Å². The van der Waals surface area contributed by atoms with E-state index in [0.29, 0.717) is 24.2 Å². The Balaban J connectivity index is 1.40. The highest BCUT2D eigenvalue weighted by molar-refractivity contribution is 5.99. The lowest BCUT2D eigenvalue weighted by atomic mass is 9.94. The smallest absolute Gasteiger partial charge is 0.410 e. The number of morpholine rings is 1. The minimum absolute atomic E-state index is 0.133. The Labute approximate surface area is 284 Å². The Kier molecular flexibility index (Phi) is 11.0. The van der Waals surface area contributed by atoms with Crippen molar-refractivity contribution in [2.45, 2.75) is 79.1 Å². The fourth-order valence-corrected chi connectivity index (χ4v) is 6.61. The zero-order valence-electron chi connectivity index (χ0n) is 29.6. The lowest BCUT2D eigenvalue weighted by Gasteiger charge is -2.39. The first-order chi connectivity index (χ1) is 22.8. The van der Waals surface area contributed by atoms with Crippen molar-refractivity contribution in [3.8, 4) is 11.1 Å². The molecule has 2 aromatic carbocycles. The van der Waals surface area contributed by atoms with Gasteiger partial charge in [0.15, 0.2) is 0 Å².